The first-order valence-electron chi connectivity index (χ1n) is 5.55. The third-order valence-corrected chi connectivity index (χ3v) is 3.28. The molecule has 13 heavy (non-hydrogen) atoms. The fourth-order valence-electron chi connectivity index (χ4n) is 2.35. The van der Waals surface area contributed by atoms with Crippen LogP contribution in [0.3, 0.4) is 0 Å². The van der Waals surface area contributed by atoms with Gasteiger partial charge in [0.15, 0.2) is 0 Å². The zero-order valence-electron chi connectivity index (χ0n) is 9.34. The summed E-state index contributed by atoms with van der Waals surface area (Å²) in [6.07, 6.45) is 7.06. The maximum Gasteiger partial charge on any atom is 0.00919 e. The Kier molecular flexibility index (Phi) is 4.74. The Hall–Kier alpha value is -0.0800. The molecule has 0 amide bonds. The van der Waals surface area contributed by atoms with Gasteiger partial charge in [-0.1, -0.05) is 0 Å². The molecule has 1 saturated carbocycles. The third kappa shape index (κ3) is 3.65. The summed E-state index contributed by atoms with van der Waals surface area (Å²) in [5.41, 5.74) is 0. The number of hydrogen-bond acceptors (Lipinski definition) is 2. The molecule has 0 heterocycles. The summed E-state index contributed by atoms with van der Waals surface area (Å²) < 4.78 is 0. The molecule has 0 spiro atoms. The Morgan fingerprint density at radius 3 is 2.62 bits per heavy atom. The lowest BCUT2D eigenvalue weighted by Gasteiger charge is -2.18. The van der Waals surface area contributed by atoms with E-state index in [-0.39, 0.29) is 0 Å². The van der Waals surface area contributed by atoms with Gasteiger partial charge in [-0.25, -0.2) is 0 Å². The SMILES string of the molecule is CNCCCC1CCC(N(C)C)C1. The Morgan fingerprint density at radius 2 is 2.08 bits per heavy atom. The molecule has 1 N–H and O–H groups in total. The minimum Gasteiger partial charge on any atom is -0.320 e. The predicted molar refractivity (Wildman–Crippen MR) is 58.0 cm³/mol. The van der Waals surface area contributed by atoms with Crippen LogP contribution in [-0.2, 0) is 0 Å². The fraction of sp³-hybridized carbons (Fsp3) is 1.00. The zero-order chi connectivity index (χ0) is 9.68. The van der Waals surface area contributed by atoms with Crippen molar-refractivity contribution in [2.45, 2.75) is 38.1 Å². The first-order chi connectivity index (χ1) is 6.24. The van der Waals surface area contributed by atoms with Crippen molar-refractivity contribution in [3.63, 3.8) is 0 Å². The van der Waals surface area contributed by atoms with E-state index in [1.54, 1.807) is 0 Å². The van der Waals surface area contributed by atoms with Gasteiger partial charge < -0.3 is 10.2 Å². The monoisotopic (exact) mass is 184 g/mol. The molecule has 0 aliphatic heterocycles. The Morgan fingerprint density at radius 1 is 1.31 bits per heavy atom. The first-order valence-corrected chi connectivity index (χ1v) is 5.55. The highest BCUT2D eigenvalue weighted by atomic mass is 15.1. The number of nitrogens with zero attached hydrogens (tertiary/aromatic N) is 1. The van der Waals surface area contributed by atoms with Crippen molar-refractivity contribution in [3.05, 3.63) is 0 Å². The maximum atomic E-state index is 3.22. The summed E-state index contributed by atoms with van der Waals surface area (Å²) in [7, 11) is 6.46. The molecule has 2 heteroatoms. The molecule has 1 rings (SSSR count). The molecule has 1 aliphatic carbocycles. The second-order valence-corrected chi connectivity index (χ2v) is 4.54. The van der Waals surface area contributed by atoms with Crippen LogP contribution in [0.4, 0.5) is 0 Å². The summed E-state index contributed by atoms with van der Waals surface area (Å²) >= 11 is 0. The average Bonchev–Trinajstić information content (AvgIpc) is 2.53. The highest BCUT2D eigenvalue weighted by molar-refractivity contribution is 4.80. The number of hydrogen-bond donors (Lipinski definition) is 1. The molecule has 78 valence electrons. The minimum absolute atomic E-state index is 0.861. The predicted octanol–water partition coefficient (Wildman–Crippen LogP) is 1.72. The van der Waals surface area contributed by atoms with Crippen molar-refractivity contribution >= 4 is 0 Å². The number of rotatable bonds is 5. The zero-order valence-corrected chi connectivity index (χ0v) is 9.34. The van der Waals surface area contributed by atoms with Crippen molar-refractivity contribution in [2.24, 2.45) is 5.92 Å². The molecule has 0 saturated heterocycles. The van der Waals surface area contributed by atoms with Crippen LogP contribution < -0.4 is 5.32 Å². The largest absolute Gasteiger partial charge is 0.320 e. The van der Waals surface area contributed by atoms with Crippen molar-refractivity contribution in [3.8, 4) is 0 Å². The van der Waals surface area contributed by atoms with Gasteiger partial charge in [0.2, 0.25) is 0 Å². The van der Waals surface area contributed by atoms with Gasteiger partial charge in [-0.05, 0) is 65.7 Å². The summed E-state index contributed by atoms with van der Waals surface area (Å²) in [5.74, 6) is 1.00. The second kappa shape index (κ2) is 5.61. The molecule has 0 radical (unpaired) electrons. The summed E-state index contributed by atoms with van der Waals surface area (Å²) in [6.45, 7) is 1.18. The van der Waals surface area contributed by atoms with Gasteiger partial charge in [0.25, 0.3) is 0 Å². The molecule has 2 unspecified atom stereocenters. The van der Waals surface area contributed by atoms with E-state index in [0.29, 0.717) is 0 Å². The van der Waals surface area contributed by atoms with E-state index < -0.39 is 0 Å². The molecule has 0 aromatic rings. The van der Waals surface area contributed by atoms with Crippen LogP contribution in [0.1, 0.15) is 32.1 Å². The van der Waals surface area contributed by atoms with Gasteiger partial charge in [-0.2, -0.15) is 0 Å². The van der Waals surface area contributed by atoms with Gasteiger partial charge in [-0.15, -0.1) is 0 Å². The minimum atomic E-state index is 0.861. The van der Waals surface area contributed by atoms with Crippen molar-refractivity contribution in [1.29, 1.82) is 0 Å². The van der Waals surface area contributed by atoms with Crippen molar-refractivity contribution in [2.75, 3.05) is 27.7 Å². The molecule has 1 fully saturated rings. The van der Waals surface area contributed by atoms with E-state index in [2.05, 4.69) is 24.3 Å². The van der Waals surface area contributed by atoms with E-state index in [1.807, 2.05) is 7.05 Å². The van der Waals surface area contributed by atoms with Crippen LogP contribution in [-0.4, -0.2) is 38.6 Å². The molecule has 2 nitrogen and oxygen atoms in total. The van der Waals surface area contributed by atoms with Crippen molar-refractivity contribution < 1.29 is 0 Å². The normalized spacial score (nSPS) is 28.6. The lowest BCUT2D eigenvalue weighted by Crippen LogP contribution is -2.24. The van der Waals surface area contributed by atoms with Crippen LogP contribution in [0.5, 0.6) is 0 Å². The second-order valence-electron chi connectivity index (χ2n) is 4.54. The van der Waals surface area contributed by atoms with Crippen LogP contribution in [0.25, 0.3) is 0 Å². The van der Waals surface area contributed by atoms with Crippen LogP contribution in [0, 0.1) is 5.92 Å². The lowest BCUT2D eigenvalue weighted by atomic mass is 10.0. The number of nitrogens with one attached hydrogen (secondary N) is 1. The fourth-order valence-corrected chi connectivity index (χ4v) is 2.35. The molecular formula is C11H24N2. The van der Waals surface area contributed by atoms with Crippen LogP contribution >= 0.6 is 0 Å². The average molecular weight is 184 g/mol. The molecular weight excluding hydrogens is 160 g/mol. The van der Waals surface area contributed by atoms with E-state index >= 15 is 0 Å². The van der Waals surface area contributed by atoms with E-state index in [9.17, 15) is 0 Å². The molecule has 0 aromatic heterocycles. The van der Waals surface area contributed by atoms with Gasteiger partial charge in [0, 0.05) is 6.04 Å². The van der Waals surface area contributed by atoms with E-state index in [0.717, 1.165) is 12.0 Å². The quantitative estimate of drug-likeness (QED) is 0.654. The van der Waals surface area contributed by atoms with Crippen LogP contribution in [0.15, 0.2) is 0 Å². The van der Waals surface area contributed by atoms with Crippen molar-refractivity contribution in [1.82, 2.24) is 10.2 Å². The van der Waals surface area contributed by atoms with E-state index in [1.165, 1.54) is 38.6 Å². The topological polar surface area (TPSA) is 15.3 Å². The summed E-state index contributed by atoms with van der Waals surface area (Å²) in [4.78, 5) is 2.39. The Labute approximate surface area is 82.7 Å². The summed E-state index contributed by atoms with van der Waals surface area (Å²) in [6, 6.07) is 0.861. The molecule has 1 aliphatic rings. The summed E-state index contributed by atoms with van der Waals surface area (Å²) in [5, 5.41) is 3.22. The molecule has 0 bridgehead atoms. The molecule has 2 atom stereocenters. The van der Waals surface area contributed by atoms with Crippen LogP contribution in [0.2, 0.25) is 0 Å². The molecule has 0 aromatic carbocycles. The smallest absolute Gasteiger partial charge is 0.00919 e. The maximum absolute atomic E-state index is 3.22. The standard InChI is InChI=1S/C11H24N2/c1-12-8-4-5-10-6-7-11(9-10)13(2)3/h10-12H,4-9H2,1-3H3. The van der Waals surface area contributed by atoms with Gasteiger partial charge in [0.1, 0.15) is 0 Å². The van der Waals surface area contributed by atoms with Gasteiger partial charge in [-0.3, -0.25) is 0 Å². The Bertz CT molecular complexity index is 134. The van der Waals surface area contributed by atoms with Gasteiger partial charge in [0.05, 0.1) is 0 Å². The first kappa shape index (κ1) is 11.0. The lowest BCUT2D eigenvalue weighted by molar-refractivity contribution is 0.288. The van der Waals surface area contributed by atoms with E-state index in [4.69, 9.17) is 0 Å². The van der Waals surface area contributed by atoms with Gasteiger partial charge >= 0.3 is 0 Å². The Balaban J connectivity index is 2.10. The third-order valence-electron chi connectivity index (χ3n) is 3.28. The highest BCUT2D eigenvalue weighted by Gasteiger charge is 2.25. The highest BCUT2D eigenvalue weighted by Crippen LogP contribution is 2.31.